The van der Waals surface area contributed by atoms with Crippen LogP contribution in [0.25, 0.3) is 0 Å². The van der Waals surface area contributed by atoms with Gasteiger partial charge in [0.15, 0.2) is 6.73 Å². The molecule has 3 nitrogen and oxygen atoms in total. The largest absolute Gasteiger partial charge is 0.334 e. The molecule has 0 radical (unpaired) electrons. The molecule has 1 heterocycles. The smallest absolute Gasteiger partial charge is 0.245 e. The third kappa shape index (κ3) is 1.50. The fraction of sp³-hybridized carbons (Fsp3) is 0.533. The zero-order valence-corrected chi connectivity index (χ0v) is 10.6. The van der Waals surface area contributed by atoms with Crippen molar-refractivity contribution < 1.29 is 9.30 Å². The standard InChI is InChI=1S/C15H19N2O/c1-16-6-7-17(9-16)10-18-14-5-4-13-11-2-3-12(8-11)15(13)14/h2-7,9,11-15H,8,10H2,1H3/q+1/t11?,12?,13?,14-,15?/m1/s1. The molecular weight excluding hydrogens is 224 g/mol. The van der Waals surface area contributed by atoms with Crippen molar-refractivity contribution in [1.29, 1.82) is 0 Å². The molecule has 94 valence electrons. The maximum Gasteiger partial charge on any atom is 0.245 e. The summed E-state index contributed by atoms with van der Waals surface area (Å²) in [4.78, 5) is 0. The summed E-state index contributed by atoms with van der Waals surface area (Å²) < 4.78 is 10.2. The van der Waals surface area contributed by atoms with E-state index >= 15 is 0 Å². The minimum atomic E-state index is 0.308. The third-order valence-corrected chi connectivity index (χ3v) is 4.73. The van der Waals surface area contributed by atoms with E-state index in [0.29, 0.717) is 18.8 Å². The van der Waals surface area contributed by atoms with E-state index in [1.54, 1.807) is 0 Å². The minimum absolute atomic E-state index is 0.308. The van der Waals surface area contributed by atoms with Crippen molar-refractivity contribution >= 4 is 0 Å². The Kier molecular flexibility index (Phi) is 2.24. The van der Waals surface area contributed by atoms with E-state index in [4.69, 9.17) is 4.74 Å². The van der Waals surface area contributed by atoms with Gasteiger partial charge in [0.1, 0.15) is 12.4 Å². The highest BCUT2D eigenvalue weighted by Crippen LogP contribution is 2.53. The van der Waals surface area contributed by atoms with Crippen LogP contribution < -0.4 is 4.57 Å². The Balaban J connectivity index is 1.44. The summed E-state index contributed by atoms with van der Waals surface area (Å²) in [6.07, 6.45) is 17.3. The van der Waals surface area contributed by atoms with Gasteiger partial charge in [-0.15, -0.1) is 0 Å². The van der Waals surface area contributed by atoms with Gasteiger partial charge >= 0.3 is 0 Å². The summed E-state index contributed by atoms with van der Waals surface area (Å²) in [5, 5.41) is 0. The van der Waals surface area contributed by atoms with Crippen molar-refractivity contribution in [1.82, 2.24) is 4.57 Å². The Morgan fingerprint density at radius 1 is 1.22 bits per heavy atom. The first-order chi connectivity index (χ1) is 8.81. The van der Waals surface area contributed by atoms with Crippen LogP contribution in [0, 0.1) is 23.7 Å². The Bertz CT molecular complexity index is 516. The highest BCUT2D eigenvalue weighted by atomic mass is 16.5. The van der Waals surface area contributed by atoms with Crippen molar-refractivity contribution in [2.75, 3.05) is 0 Å². The number of allylic oxidation sites excluding steroid dienone is 3. The molecule has 1 saturated carbocycles. The van der Waals surface area contributed by atoms with E-state index in [2.05, 4.69) is 41.4 Å². The minimum Gasteiger partial charge on any atom is -0.334 e. The van der Waals surface area contributed by atoms with E-state index in [9.17, 15) is 0 Å². The van der Waals surface area contributed by atoms with Gasteiger partial charge in [-0.1, -0.05) is 24.3 Å². The number of rotatable bonds is 3. The van der Waals surface area contributed by atoms with E-state index in [1.165, 1.54) is 6.42 Å². The summed E-state index contributed by atoms with van der Waals surface area (Å²) >= 11 is 0. The molecule has 0 spiro atoms. The highest BCUT2D eigenvalue weighted by molar-refractivity contribution is 5.24. The monoisotopic (exact) mass is 243 g/mol. The van der Waals surface area contributed by atoms with Crippen LogP contribution in [0.3, 0.4) is 0 Å². The Morgan fingerprint density at radius 2 is 2.11 bits per heavy atom. The molecule has 0 aliphatic heterocycles. The first-order valence-electron chi connectivity index (χ1n) is 6.80. The molecule has 5 atom stereocenters. The van der Waals surface area contributed by atoms with E-state index in [-0.39, 0.29) is 0 Å². The van der Waals surface area contributed by atoms with Crippen molar-refractivity contribution in [3.8, 4) is 0 Å². The van der Waals surface area contributed by atoms with Crippen LogP contribution >= 0.6 is 0 Å². The summed E-state index contributed by atoms with van der Waals surface area (Å²) in [7, 11) is 2.03. The maximum absolute atomic E-state index is 6.10. The number of imidazole rings is 1. The molecule has 1 fully saturated rings. The second-order valence-electron chi connectivity index (χ2n) is 5.84. The Labute approximate surface area is 107 Å². The summed E-state index contributed by atoms with van der Waals surface area (Å²) in [5.41, 5.74) is 0. The lowest BCUT2D eigenvalue weighted by Gasteiger charge is -2.25. The van der Waals surface area contributed by atoms with Crippen LogP contribution in [0.5, 0.6) is 0 Å². The molecule has 4 rings (SSSR count). The number of aryl methyl sites for hydroxylation is 1. The van der Waals surface area contributed by atoms with Gasteiger partial charge in [-0.3, -0.25) is 0 Å². The Morgan fingerprint density at radius 3 is 2.94 bits per heavy atom. The molecular formula is C15H19N2O+. The van der Waals surface area contributed by atoms with Crippen LogP contribution in [0.15, 0.2) is 43.0 Å². The quantitative estimate of drug-likeness (QED) is 0.583. The fourth-order valence-electron chi connectivity index (χ4n) is 3.92. The highest BCUT2D eigenvalue weighted by Gasteiger charge is 2.49. The van der Waals surface area contributed by atoms with E-state index in [0.717, 1.165) is 17.8 Å². The second kappa shape index (κ2) is 3.82. The fourth-order valence-corrected chi connectivity index (χ4v) is 3.92. The van der Waals surface area contributed by atoms with Crippen molar-refractivity contribution in [3.05, 3.63) is 43.0 Å². The molecule has 3 heteroatoms. The van der Waals surface area contributed by atoms with Crippen molar-refractivity contribution in [3.63, 3.8) is 0 Å². The second-order valence-corrected chi connectivity index (χ2v) is 5.84. The Hall–Kier alpha value is -1.35. The van der Waals surface area contributed by atoms with Crippen LogP contribution in [0.1, 0.15) is 6.42 Å². The number of hydrogen-bond donors (Lipinski definition) is 0. The molecule has 4 unspecified atom stereocenters. The summed E-state index contributed by atoms with van der Waals surface area (Å²) in [5.74, 6) is 2.98. The number of aromatic nitrogens is 2. The van der Waals surface area contributed by atoms with Crippen LogP contribution in [-0.4, -0.2) is 10.7 Å². The first-order valence-corrected chi connectivity index (χ1v) is 6.80. The summed E-state index contributed by atoms with van der Waals surface area (Å²) in [6.45, 7) is 0.653. The number of fused-ring (bicyclic) bond motifs is 5. The molecule has 0 N–H and O–H groups in total. The zero-order chi connectivity index (χ0) is 12.1. The lowest BCUT2D eigenvalue weighted by molar-refractivity contribution is -0.671. The van der Waals surface area contributed by atoms with Crippen molar-refractivity contribution in [2.24, 2.45) is 30.7 Å². The van der Waals surface area contributed by atoms with Crippen LogP contribution in [0.2, 0.25) is 0 Å². The van der Waals surface area contributed by atoms with Crippen LogP contribution in [0.4, 0.5) is 0 Å². The SMILES string of the molecule is C[n+]1ccn(CO[C@@H]2C=CC3C4C=CC(C4)C32)c1. The number of ether oxygens (including phenoxy) is 1. The predicted octanol–water partition coefficient (Wildman–Crippen LogP) is 1.66. The molecule has 1 aromatic heterocycles. The van der Waals surface area contributed by atoms with Gasteiger partial charge in [-0.2, -0.15) is 0 Å². The van der Waals surface area contributed by atoms with Crippen molar-refractivity contribution in [2.45, 2.75) is 19.3 Å². The van der Waals surface area contributed by atoms with Gasteiger partial charge in [-0.25, -0.2) is 9.13 Å². The molecule has 0 amide bonds. The molecule has 2 bridgehead atoms. The zero-order valence-electron chi connectivity index (χ0n) is 10.6. The normalized spacial score (nSPS) is 39.7. The molecule has 18 heavy (non-hydrogen) atoms. The van der Waals surface area contributed by atoms with Gasteiger partial charge in [0.25, 0.3) is 0 Å². The number of hydrogen-bond acceptors (Lipinski definition) is 1. The molecule has 0 saturated heterocycles. The topological polar surface area (TPSA) is 18.0 Å². The van der Waals surface area contributed by atoms with Gasteiger partial charge in [-0.05, 0) is 24.2 Å². The molecule has 1 aromatic rings. The van der Waals surface area contributed by atoms with Gasteiger partial charge in [0.2, 0.25) is 6.33 Å². The average Bonchev–Trinajstić information content (AvgIpc) is 3.08. The summed E-state index contributed by atoms with van der Waals surface area (Å²) in [6, 6.07) is 0. The van der Waals surface area contributed by atoms with Gasteiger partial charge in [0, 0.05) is 5.92 Å². The lowest BCUT2D eigenvalue weighted by Crippen LogP contribution is -2.28. The van der Waals surface area contributed by atoms with E-state index in [1.807, 2.05) is 17.8 Å². The van der Waals surface area contributed by atoms with Gasteiger partial charge < -0.3 is 4.74 Å². The van der Waals surface area contributed by atoms with E-state index < -0.39 is 0 Å². The molecule has 3 aliphatic rings. The molecule has 3 aliphatic carbocycles. The maximum atomic E-state index is 6.10. The third-order valence-electron chi connectivity index (χ3n) is 4.73. The predicted molar refractivity (Wildman–Crippen MR) is 67.3 cm³/mol. The lowest BCUT2D eigenvalue weighted by atomic mass is 9.84. The van der Waals surface area contributed by atoms with Crippen LogP contribution in [-0.2, 0) is 18.5 Å². The van der Waals surface area contributed by atoms with Gasteiger partial charge in [0.05, 0.1) is 13.2 Å². The average molecular weight is 243 g/mol. The first kappa shape index (κ1) is 10.6. The number of nitrogens with zero attached hydrogens (tertiary/aromatic N) is 2. The molecule has 0 aromatic carbocycles.